The third-order valence-electron chi connectivity index (χ3n) is 6.48. The molecule has 9 heteroatoms. The number of H-pyrrole nitrogens is 1. The zero-order chi connectivity index (χ0) is 26.1. The quantitative estimate of drug-likeness (QED) is 0.350. The topological polar surface area (TPSA) is 99.1 Å². The van der Waals surface area contributed by atoms with Crippen molar-refractivity contribution in [3.8, 4) is 5.75 Å². The van der Waals surface area contributed by atoms with Crippen LogP contribution in [0, 0.1) is 0 Å². The Balaban J connectivity index is 1.23. The minimum absolute atomic E-state index is 0.131. The molecule has 3 heterocycles. The molecule has 4 aromatic rings. The minimum Gasteiger partial charge on any atom is -0.494 e. The number of fused-ring (bicyclic) bond motifs is 4. The second-order valence-electron chi connectivity index (χ2n) is 8.93. The molecule has 2 aliphatic heterocycles. The van der Waals surface area contributed by atoms with Crippen molar-refractivity contribution in [1.82, 2.24) is 9.88 Å². The van der Waals surface area contributed by atoms with E-state index in [-0.39, 0.29) is 17.6 Å². The highest BCUT2D eigenvalue weighted by atomic mass is 32.2. The molecule has 0 spiro atoms. The summed E-state index contributed by atoms with van der Waals surface area (Å²) in [4.78, 5) is 40.5. The molecule has 2 N–H and O–H groups in total. The monoisotopic (exact) mass is 523 g/mol. The maximum absolute atomic E-state index is 13.2. The molecular weight excluding hydrogens is 498 g/mol. The van der Waals surface area contributed by atoms with E-state index in [2.05, 4.69) is 15.3 Å². The first kappa shape index (κ1) is 24.0. The number of amidine groups is 2. The molecule has 0 bridgehead atoms. The molecular formula is C29H25N5O3S. The first-order valence-electron chi connectivity index (χ1n) is 12.4. The normalized spacial score (nSPS) is 16.1. The molecule has 2 aliphatic rings. The Kier molecular flexibility index (Phi) is 6.43. The maximum atomic E-state index is 13.2. The summed E-state index contributed by atoms with van der Waals surface area (Å²) in [6, 6.07) is 22.4. The van der Waals surface area contributed by atoms with Gasteiger partial charge in [0.15, 0.2) is 5.17 Å². The third kappa shape index (κ3) is 4.56. The number of hydrogen-bond donors (Lipinski definition) is 2. The van der Waals surface area contributed by atoms with Crippen molar-refractivity contribution >= 4 is 56.9 Å². The van der Waals surface area contributed by atoms with E-state index in [1.165, 1.54) is 11.8 Å². The summed E-state index contributed by atoms with van der Waals surface area (Å²) in [6.45, 7) is 2.51. The van der Waals surface area contributed by atoms with E-state index in [4.69, 9.17) is 9.73 Å². The molecule has 0 saturated heterocycles. The van der Waals surface area contributed by atoms with E-state index in [1.807, 2.05) is 90.8 Å². The van der Waals surface area contributed by atoms with Gasteiger partial charge in [0, 0.05) is 34.8 Å². The fraction of sp³-hybridized carbons (Fsp3) is 0.172. The minimum atomic E-state index is -0.544. The van der Waals surface area contributed by atoms with E-state index in [0.717, 1.165) is 33.5 Å². The van der Waals surface area contributed by atoms with Crippen LogP contribution in [0.3, 0.4) is 0 Å². The Morgan fingerprint density at radius 1 is 1.05 bits per heavy atom. The van der Waals surface area contributed by atoms with Crippen LogP contribution < -0.4 is 10.1 Å². The number of hydrogen-bond acceptors (Lipinski definition) is 6. The lowest BCUT2D eigenvalue weighted by molar-refractivity contribution is -0.119. The number of para-hydroxylation sites is 2. The van der Waals surface area contributed by atoms with Crippen LogP contribution in [0.5, 0.6) is 5.75 Å². The molecule has 3 aromatic carbocycles. The van der Waals surface area contributed by atoms with Gasteiger partial charge >= 0.3 is 0 Å². The standard InChI is InChI=1S/C29H25N5O3S/c1-2-37-20-13-11-19(12-14-20)31-26(35)17-38-29-32-24-10-6-4-8-22(24)27-33-28(36)25(34(27)29)15-18-16-30-23-9-5-3-7-21(18)23/h3-14,16,25,30H,2,15,17H2,1H3,(H,31,35). The van der Waals surface area contributed by atoms with Crippen LogP contribution in [0.25, 0.3) is 10.9 Å². The second-order valence-corrected chi connectivity index (χ2v) is 9.87. The predicted molar refractivity (Wildman–Crippen MR) is 151 cm³/mol. The number of carbonyl (C=O) groups excluding carboxylic acids is 2. The van der Waals surface area contributed by atoms with Crippen LogP contribution in [0.1, 0.15) is 18.1 Å². The highest BCUT2D eigenvalue weighted by Gasteiger charge is 2.42. The van der Waals surface area contributed by atoms with Gasteiger partial charge < -0.3 is 15.0 Å². The Morgan fingerprint density at radius 2 is 1.84 bits per heavy atom. The lowest BCUT2D eigenvalue weighted by Crippen LogP contribution is -2.45. The maximum Gasteiger partial charge on any atom is 0.271 e. The van der Waals surface area contributed by atoms with E-state index in [1.54, 1.807) is 0 Å². The average Bonchev–Trinajstić information content (AvgIpc) is 3.50. The Hall–Kier alpha value is -4.37. The van der Waals surface area contributed by atoms with Crippen molar-refractivity contribution in [1.29, 1.82) is 0 Å². The van der Waals surface area contributed by atoms with Crippen molar-refractivity contribution in [2.45, 2.75) is 19.4 Å². The molecule has 0 radical (unpaired) electrons. The molecule has 1 aromatic heterocycles. The number of rotatable bonds is 7. The fourth-order valence-electron chi connectivity index (χ4n) is 4.74. The van der Waals surface area contributed by atoms with Gasteiger partial charge in [-0.05, 0) is 55.0 Å². The number of benzene rings is 3. The van der Waals surface area contributed by atoms with Crippen LogP contribution in [-0.4, -0.2) is 51.1 Å². The average molecular weight is 524 g/mol. The lowest BCUT2D eigenvalue weighted by Gasteiger charge is -2.31. The highest BCUT2D eigenvalue weighted by Crippen LogP contribution is 2.35. The number of nitrogens with zero attached hydrogens (tertiary/aromatic N) is 3. The summed E-state index contributed by atoms with van der Waals surface area (Å²) in [5.41, 5.74) is 4.29. The molecule has 8 nitrogen and oxygen atoms in total. The van der Waals surface area contributed by atoms with Crippen LogP contribution in [-0.2, 0) is 16.0 Å². The molecule has 0 saturated carbocycles. The summed E-state index contributed by atoms with van der Waals surface area (Å²) in [5.74, 6) is 1.08. The Bertz CT molecular complexity index is 1590. The number of ether oxygens (including phenoxy) is 1. The second kappa shape index (κ2) is 10.2. The van der Waals surface area contributed by atoms with Crippen molar-refractivity contribution in [3.05, 3.63) is 90.1 Å². The number of aliphatic imine (C=N–C) groups is 2. The van der Waals surface area contributed by atoms with Crippen molar-refractivity contribution in [2.75, 3.05) is 17.7 Å². The largest absolute Gasteiger partial charge is 0.494 e. The van der Waals surface area contributed by atoms with E-state index in [0.29, 0.717) is 29.7 Å². The first-order valence-corrected chi connectivity index (χ1v) is 13.4. The van der Waals surface area contributed by atoms with Gasteiger partial charge in [-0.3, -0.25) is 14.5 Å². The van der Waals surface area contributed by atoms with Gasteiger partial charge in [0.2, 0.25) is 5.91 Å². The molecule has 1 unspecified atom stereocenters. The van der Waals surface area contributed by atoms with Gasteiger partial charge in [-0.1, -0.05) is 42.1 Å². The number of aromatic nitrogens is 1. The molecule has 6 rings (SSSR count). The first-order chi connectivity index (χ1) is 18.6. The van der Waals surface area contributed by atoms with Gasteiger partial charge in [0.05, 0.1) is 18.0 Å². The zero-order valence-electron chi connectivity index (χ0n) is 20.7. The van der Waals surface area contributed by atoms with Crippen LogP contribution in [0.4, 0.5) is 11.4 Å². The van der Waals surface area contributed by atoms with Gasteiger partial charge in [-0.15, -0.1) is 0 Å². The summed E-state index contributed by atoms with van der Waals surface area (Å²) in [5, 5.41) is 4.58. The van der Waals surface area contributed by atoms with Crippen LogP contribution in [0.2, 0.25) is 0 Å². The van der Waals surface area contributed by atoms with Crippen LogP contribution in [0.15, 0.2) is 89.0 Å². The number of aromatic amines is 1. The van der Waals surface area contributed by atoms with Gasteiger partial charge in [-0.25, -0.2) is 4.99 Å². The van der Waals surface area contributed by atoms with E-state index in [9.17, 15) is 9.59 Å². The molecule has 0 aliphatic carbocycles. The SMILES string of the molecule is CCOc1ccc(NC(=O)CSC2=Nc3ccccc3C3=NC(=O)C(Cc4c[nH]c5ccccc45)N23)cc1. The summed E-state index contributed by atoms with van der Waals surface area (Å²) in [7, 11) is 0. The van der Waals surface area contributed by atoms with Gasteiger partial charge in [-0.2, -0.15) is 4.99 Å². The van der Waals surface area contributed by atoms with Crippen molar-refractivity contribution < 1.29 is 14.3 Å². The smallest absolute Gasteiger partial charge is 0.271 e. The number of thioether (sulfide) groups is 1. The van der Waals surface area contributed by atoms with Gasteiger partial charge in [0.25, 0.3) is 5.91 Å². The van der Waals surface area contributed by atoms with Crippen LogP contribution >= 0.6 is 11.8 Å². The Morgan fingerprint density at radius 3 is 2.68 bits per heavy atom. The lowest BCUT2D eigenvalue weighted by atomic mass is 10.0. The predicted octanol–water partition coefficient (Wildman–Crippen LogP) is 5.14. The van der Waals surface area contributed by atoms with Gasteiger partial charge in [0.1, 0.15) is 17.6 Å². The zero-order valence-corrected chi connectivity index (χ0v) is 21.5. The molecule has 190 valence electrons. The number of anilines is 1. The van der Waals surface area contributed by atoms with Crippen molar-refractivity contribution in [3.63, 3.8) is 0 Å². The van der Waals surface area contributed by atoms with E-state index >= 15 is 0 Å². The highest BCUT2D eigenvalue weighted by molar-refractivity contribution is 8.14. The third-order valence-corrected chi connectivity index (χ3v) is 7.43. The van der Waals surface area contributed by atoms with Crippen molar-refractivity contribution in [2.24, 2.45) is 9.98 Å². The molecule has 38 heavy (non-hydrogen) atoms. The Labute approximate surface area is 223 Å². The summed E-state index contributed by atoms with van der Waals surface area (Å²) < 4.78 is 5.46. The number of amides is 2. The molecule has 2 amide bonds. The molecule has 1 atom stereocenters. The fourth-order valence-corrected chi connectivity index (χ4v) is 5.59. The summed E-state index contributed by atoms with van der Waals surface area (Å²) in [6.07, 6.45) is 2.41. The van der Waals surface area contributed by atoms with E-state index < -0.39 is 6.04 Å². The molecule has 0 fully saturated rings. The number of nitrogens with one attached hydrogen (secondary N) is 2. The number of carbonyl (C=O) groups is 2. The summed E-state index contributed by atoms with van der Waals surface area (Å²) >= 11 is 1.30.